The summed E-state index contributed by atoms with van der Waals surface area (Å²) in [6, 6.07) is 2.28. The van der Waals surface area contributed by atoms with E-state index in [1.54, 1.807) is 0 Å². The van der Waals surface area contributed by atoms with E-state index in [4.69, 9.17) is 0 Å². The highest BCUT2D eigenvalue weighted by atomic mass is 16.2. The number of nitrogens with zero attached hydrogens (tertiary/aromatic N) is 2. The number of aryl methyl sites for hydroxylation is 1. The lowest BCUT2D eigenvalue weighted by Gasteiger charge is -2.22. The summed E-state index contributed by atoms with van der Waals surface area (Å²) in [5.74, 6) is -0.00697. The van der Waals surface area contributed by atoms with Gasteiger partial charge in [-0.3, -0.25) is 9.48 Å². The number of nitrogens with one attached hydrogen (secondary N) is 2. The molecule has 1 amide bonds. The van der Waals surface area contributed by atoms with E-state index in [0.717, 1.165) is 44.6 Å². The molecule has 0 saturated heterocycles. The maximum absolute atomic E-state index is 12.2. The first kappa shape index (κ1) is 12.7. The highest BCUT2D eigenvalue weighted by Gasteiger charge is 2.20. The van der Waals surface area contributed by atoms with Crippen molar-refractivity contribution in [2.24, 2.45) is 0 Å². The molecule has 104 valence electrons. The van der Waals surface area contributed by atoms with Gasteiger partial charge in [0.05, 0.1) is 5.69 Å². The van der Waals surface area contributed by atoms with Crippen molar-refractivity contribution in [2.45, 2.75) is 57.7 Å². The number of amides is 1. The van der Waals surface area contributed by atoms with Crippen LogP contribution in [0.25, 0.3) is 0 Å². The summed E-state index contributed by atoms with van der Waals surface area (Å²) in [7, 11) is 0. The second-order valence-electron chi connectivity index (χ2n) is 5.58. The zero-order valence-corrected chi connectivity index (χ0v) is 11.3. The summed E-state index contributed by atoms with van der Waals surface area (Å²) in [6.45, 7) is 2.73. The Kier molecular flexibility index (Phi) is 3.82. The van der Waals surface area contributed by atoms with Crippen molar-refractivity contribution < 1.29 is 4.79 Å². The minimum absolute atomic E-state index is 0.00697. The molecule has 0 atom stereocenters. The molecule has 1 aliphatic carbocycles. The lowest BCUT2D eigenvalue weighted by Crippen LogP contribution is -2.36. The second-order valence-corrected chi connectivity index (χ2v) is 5.58. The van der Waals surface area contributed by atoms with Crippen LogP contribution in [-0.2, 0) is 13.1 Å². The highest BCUT2D eigenvalue weighted by Crippen LogP contribution is 2.18. The average Bonchev–Trinajstić information content (AvgIpc) is 2.72. The molecule has 3 rings (SSSR count). The van der Waals surface area contributed by atoms with Gasteiger partial charge < -0.3 is 10.6 Å². The first-order valence-electron chi connectivity index (χ1n) is 7.41. The normalized spacial score (nSPS) is 20.6. The standard InChI is InChI=1S/C14H22N4O/c19-14(16-11-5-2-1-3-6-11)13-9-12-10-15-7-4-8-18(12)17-13/h9,11,15H,1-8,10H2,(H,16,19). The van der Waals surface area contributed by atoms with E-state index >= 15 is 0 Å². The summed E-state index contributed by atoms with van der Waals surface area (Å²) in [4.78, 5) is 12.2. The van der Waals surface area contributed by atoms with E-state index in [9.17, 15) is 4.79 Å². The van der Waals surface area contributed by atoms with Gasteiger partial charge in [-0.15, -0.1) is 0 Å². The summed E-state index contributed by atoms with van der Waals surface area (Å²) >= 11 is 0. The van der Waals surface area contributed by atoms with Crippen molar-refractivity contribution in [1.29, 1.82) is 0 Å². The van der Waals surface area contributed by atoms with E-state index < -0.39 is 0 Å². The maximum atomic E-state index is 12.2. The van der Waals surface area contributed by atoms with E-state index in [1.807, 2.05) is 10.7 Å². The van der Waals surface area contributed by atoms with E-state index in [2.05, 4.69) is 15.7 Å². The van der Waals surface area contributed by atoms with Gasteiger partial charge in [0.15, 0.2) is 0 Å². The first-order chi connectivity index (χ1) is 9.33. The van der Waals surface area contributed by atoms with Gasteiger partial charge in [-0.25, -0.2) is 0 Å². The summed E-state index contributed by atoms with van der Waals surface area (Å²) < 4.78 is 1.97. The molecule has 2 aliphatic rings. The van der Waals surface area contributed by atoms with Crippen LogP contribution in [0.4, 0.5) is 0 Å². The van der Waals surface area contributed by atoms with E-state index in [-0.39, 0.29) is 5.91 Å². The quantitative estimate of drug-likeness (QED) is 0.848. The van der Waals surface area contributed by atoms with E-state index in [1.165, 1.54) is 19.3 Å². The van der Waals surface area contributed by atoms with Gasteiger partial charge in [-0.05, 0) is 31.9 Å². The van der Waals surface area contributed by atoms with Crippen molar-refractivity contribution in [3.05, 3.63) is 17.5 Å². The molecule has 0 unspecified atom stereocenters. The Labute approximate surface area is 113 Å². The zero-order valence-electron chi connectivity index (χ0n) is 11.3. The van der Waals surface area contributed by atoms with Crippen LogP contribution < -0.4 is 10.6 Å². The molecule has 1 aromatic heterocycles. The zero-order chi connectivity index (χ0) is 13.1. The van der Waals surface area contributed by atoms with Crippen molar-refractivity contribution in [1.82, 2.24) is 20.4 Å². The fourth-order valence-electron chi connectivity index (χ4n) is 2.98. The van der Waals surface area contributed by atoms with Crippen LogP contribution in [-0.4, -0.2) is 28.3 Å². The average molecular weight is 262 g/mol. The monoisotopic (exact) mass is 262 g/mol. The van der Waals surface area contributed by atoms with Crippen molar-refractivity contribution >= 4 is 5.91 Å². The maximum Gasteiger partial charge on any atom is 0.272 e. The molecule has 19 heavy (non-hydrogen) atoms. The molecule has 0 radical (unpaired) electrons. The molecular weight excluding hydrogens is 240 g/mol. The lowest BCUT2D eigenvalue weighted by atomic mass is 9.95. The number of carbonyl (C=O) groups is 1. The predicted molar refractivity (Wildman–Crippen MR) is 72.9 cm³/mol. The fraction of sp³-hybridized carbons (Fsp3) is 0.714. The van der Waals surface area contributed by atoms with Gasteiger partial charge in [-0.2, -0.15) is 5.10 Å². The van der Waals surface area contributed by atoms with Crippen molar-refractivity contribution in [3.8, 4) is 0 Å². The van der Waals surface area contributed by atoms with Crippen LogP contribution in [0, 0.1) is 0 Å². The number of aromatic nitrogens is 2. The molecule has 1 saturated carbocycles. The third-order valence-corrected chi connectivity index (χ3v) is 4.07. The Morgan fingerprint density at radius 2 is 2.16 bits per heavy atom. The fourth-order valence-corrected chi connectivity index (χ4v) is 2.98. The van der Waals surface area contributed by atoms with Crippen LogP contribution in [0.3, 0.4) is 0 Å². The number of rotatable bonds is 2. The number of hydrogen-bond acceptors (Lipinski definition) is 3. The first-order valence-corrected chi connectivity index (χ1v) is 7.41. The SMILES string of the molecule is O=C(NC1CCCCC1)c1cc2n(n1)CCCNC2. The second kappa shape index (κ2) is 5.74. The van der Waals surface area contributed by atoms with Gasteiger partial charge in [0.1, 0.15) is 5.69 Å². The number of hydrogen-bond donors (Lipinski definition) is 2. The molecule has 1 aliphatic heterocycles. The Bertz CT molecular complexity index is 425. The van der Waals surface area contributed by atoms with Crippen LogP contribution >= 0.6 is 0 Å². The largest absolute Gasteiger partial charge is 0.348 e. The molecule has 5 nitrogen and oxygen atoms in total. The number of carbonyl (C=O) groups excluding carboxylic acids is 1. The van der Waals surface area contributed by atoms with Crippen LogP contribution in [0.5, 0.6) is 0 Å². The summed E-state index contributed by atoms with van der Waals surface area (Å²) in [5, 5.41) is 10.9. The van der Waals surface area contributed by atoms with Crippen LogP contribution in [0.2, 0.25) is 0 Å². The Balaban J connectivity index is 1.66. The molecule has 2 N–H and O–H groups in total. The molecule has 1 fully saturated rings. The van der Waals surface area contributed by atoms with Crippen molar-refractivity contribution in [2.75, 3.05) is 6.54 Å². The van der Waals surface area contributed by atoms with Gasteiger partial charge in [-0.1, -0.05) is 19.3 Å². The van der Waals surface area contributed by atoms with Crippen LogP contribution in [0.15, 0.2) is 6.07 Å². The Morgan fingerprint density at radius 1 is 1.32 bits per heavy atom. The van der Waals surface area contributed by atoms with Gasteiger partial charge in [0.25, 0.3) is 5.91 Å². The Hall–Kier alpha value is -1.36. The highest BCUT2D eigenvalue weighted by molar-refractivity contribution is 5.92. The van der Waals surface area contributed by atoms with Crippen molar-refractivity contribution in [3.63, 3.8) is 0 Å². The predicted octanol–water partition coefficient (Wildman–Crippen LogP) is 1.44. The third kappa shape index (κ3) is 2.97. The lowest BCUT2D eigenvalue weighted by molar-refractivity contribution is 0.0921. The molecular formula is C14H22N4O. The molecule has 0 spiro atoms. The molecule has 1 aromatic rings. The van der Waals surface area contributed by atoms with Crippen LogP contribution in [0.1, 0.15) is 54.7 Å². The van der Waals surface area contributed by atoms with Gasteiger partial charge >= 0.3 is 0 Å². The molecule has 0 aromatic carbocycles. The third-order valence-electron chi connectivity index (χ3n) is 4.07. The van der Waals surface area contributed by atoms with Gasteiger partial charge in [0.2, 0.25) is 0 Å². The minimum Gasteiger partial charge on any atom is -0.348 e. The smallest absolute Gasteiger partial charge is 0.272 e. The number of fused-ring (bicyclic) bond motifs is 1. The molecule has 0 bridgehead atoms. The topological polar surface area (TPSA) is 59.0 Å². The summed E-state index contributed by atoms with van der Waals surface area (Å²) in [5.41, 5.74) is 1.69. The minimum atomic E-state index is -0.00697. The molecule has 5 heteroatoms. The van der Waals surface area contributed by atoms with E-state index in [0.29, 0.717) is 11.7 Å². The Morgan fingerprint density at radius 3 is 3.00 bits per heavy atom. The van der Waals surface area contributed by atoms with Gasteiger partial charge in [0, 0.05) is 19.1 Å². The molecule has 2 heterocycles. The summed E-state index contributed by atoms with van der Waals surface area (Å²) in [6.07, 6.45) is 7.06.